The van der Waals surface area contributed by atoms with E-state index in [0.717, 1.165) is 5.56 Å². The molecule has 2 aromatic carbocycles. The summed E-state index contributed by atoms with van der Waals surface area (Å²) >= 11 is 0. The average molecular weight is 323 g/mol. The minimum absolute atomic E-state index is 0.176. The van der Waals surface area contributed by atoms with Crippen molar-refractivity contribution in [3.8, 4) is 5.75 Å². The minimum atomic E-state index is -2.31. The molecule has 1 aromatic heterocycles. The summed E-state index contributed by atoms with van der Waals surface area (Å²) in [4.78, 5) is 24.9. The van der Waals surface area contributed by atoms with Crippen LogP contribution in [0, 0.1) is 6.92 Å². The third kappa shape index (κ3) is 1.74. The van der Waals surface area contributed by atoms with Gasteiger partial charge in [-0.2, -0.15) is 0 Å². The van der Waals surface area contributed by atoms with E-state index in [2.05, 4.69) is 5.32 Å². The Morgan fingerprint density at radius 1 is 1.12 bits per heavy atom. The van der Waals surface area contributed by atoms with Crippen molar-refractivity contribution in [1.29, 1.82) is 0 Å². The lowest BCUT2D eigenvalue weighted by Gasteiger charge is -2.21. The molecule has 1 unspecified atom stereocenters. The maximum Gasteiger partial charge on any atom is 0.347 e. The summed E-state index contributed by atoms with van der Waals surface area (Å²) in [5.41, 5.74) is -2.17. The van der Waals surface area contributed by atoms with Crippen LogP contribution in [0.4, 0.5) is 5.69 Å². The zero-order valence-corrected chi connectivity index (χ0v) is 12.7. The number of aliphatic hydroxyl groups is 1. The predicted octanol–water partition coefficient (Wildman–Crippen LogP) is 2.00. The number of anilines is 1. The molecule has 0 bridgehead atoms. The van der Waals surface area contributed by atoms with E-state index in [0.29, 0.717) is 5.69 Å². The molecular formula is C18H13NO5. The molecule has 0 spiro atoms. The number of benzene rings is 2. The van der Waals surface area contributed by atoms with E-state index in [1.165, 1.54) is 6.07 Å². The molecule has 0 aliphatic carbocycles. The molecule has 1 amide bonds. The van der Waals surface area contributed by atoms with Gasteiger partial charge >= 0.3 is 5.63 Å². The summed E-state index contributed by atoms with van der Waals surface area (Å²) in [6.45, 7) is 1.80. The maximum atomic E-state index is 12.5. The summed E-state index contributed by atoms with van der Waals surface area (Å²) in [6.07, 6.45) is 0. The normalized spacial score (nSPS) is 19.3. The van der Waals surface area contributed by atoms with Gasteiger partial charge in [-0.1, -0.05) is 29.8 Å². The van der Waals surface area contributed by atoms with E-state index in [1.54, 1.807) is 43.3 Å². The second-order valence-corrected chi connectivity index (χ2v) is 5.82. The van der Waals surface area contributed by atoms with E-state index in [-0.39, 0.29) is 16.5 Å². The maximum absolute atomic E-state index is 12.5. The number of para-hydroxylation sites is 1. The van der Waals surface area contributed by atoms with Crippen LogP contribution in [0.5, 0.6) is 5.75 Å². The first kappa shape index (κ1) is 14.5. The van der Waals surface area contributed by atoms with Crippen molar-refractivity contribution >= 4 is 22.6 Å². The summed E-state index contributed by atoms with van der Waals surface area (Å²) in [6, 6.07) is 11.4. The Balaban J connectivity index is 2.10. The lowest BCUT2D eigenvalue weighted by Crippen LogP contribution is -2.39. The van der Waals surface area contributed by atoms with Gasteiger partial charge in [0.1, 0.15) is 16.9 Å². The van der Waals surface area contributed by atoms with Crippen LogP contribution >= 0.6 is 0 Å². The quantitative estimate of drug-likeness (QED) is 0.595. The molecule has 0 radical (unpaired) electrons. The molecule has 3 N–H and O–H groups in total. The Bertz CT molecular complexity index is 1070. The second-order valence-electron chi connectivity index (χ2n) is 5.82. The Labute approximate surface area is 136 Å². The highest BCUT2D eigenvalue weighted by Gasteiger charge is 2.51. The summed E-state index contributed by atoms with van der Waals surface area (Å²) < 4.78 is 5.19. The van der Waals surface area contributed by atoms with Crippen molar-refractivity contribution < 1.29 is 19.4 Å². The smallest absolute Gasteiger partial charge is 0.347 e. The van der Waals surface area contributed by atoms with Crippen molar-refractivity contribution in [2.45, 2.75) is 12.5 Å². The standard InChI is InChI=1S/C18H13NO5/c1-9-6-7-12-11(8-9)18(23,17(22)19-12)14-15(20)10-4-2-3-5-13(10)24-16(14)21/h2-8,20,23H,1H3,(H,19,22). The number of aryl methyl sites for hydroxylation is 1. The molecule has 1 atom stereocenters. The van der Waals surface area contributed by atoms with Gasteiger partial charge in [0.2, 0.25) is 5.60 Å². The number of hydrogen-bond acceptors (Lipinski definition) is 5. The molecule has 6 nitrogen and oxygen atoms in total. The largest absolute Gasteiger partial charge is 0.506 e. The van der Waals surface area contributed by atoms with Gasteiger partial charge in [-0.15, -0.1) is 0 Å². The van der Waals surface area contributed by atoms with Crippen LogP contribution in [-0.4, -0.2) is 16.1 Å². The monoisotopic (exact) mass is 323 g/mol. The number of carbonyl (C=O) groups is 1. The molecule has 1 aliphatic rings. The first-order valence-corrected chi connectivity index (χ1v) is 7.33. The van der Waals surface area contributed by atoms with Crippen LogP contribution in [0.15, 0.2) is 51.7 Å². The fourth-order valence-corrected chi connectivity index (χ4v) is 3.10. The molecule has 24 heavy (non-hydrogen) atoms. The van der Waals surface area contributed by atoms with Crippen molar-refractivity contribution in [1.82, 2.24) is 0 Å². The van der Waals surface area contributed by atoms with Crippen LogP contribution in [0.3, 0.4) is 0 Å². The molecule has 1 aliphatic heterocycles. The number of nitrogens with one attached hydrogen (secondary N) is 1. The van der Waals surface area contributed by atoms with Gasteiger partial charge in [0.05, 0.1) is 5.39 Å². The van der Waals surface area contributed by atoms with Crippen molar-refractivity contribution in [3.05, 3.63) is 69.6 Å². The van der Waals surface area contributed by atoms with Crippen LogP contribution < -0.4 is 10.9 Å². The van der Waals surface area contributed by atoms with Gasteiger partial charge < -0.3 is 19.9 Å². The lowest BCUT2D eigenvalue weighted by atomic mass is 9.86. The van der Waals surface area contributed by atoms with E-state index in [4.69, 9.17) is 4.42 Å². The van der Waals surface area contributed by atoms with Crippen molar-refractivity contribution in [2.24, 2.45) is 0 Å². The molecule has 0 saturated heterocycles. The number of aromatic hydroxyl groups is 1. The summed E-state index contributed by atoms with van der Waals surface area (Å²) in [5, 5.41) is 24.4. The van der Waals surface area contributed by atoms with Gasteiger partial charge in [-0.05, 0) is 25.1 Å². The number of rotatable bonds is 1. The number of fused-ring (bicyclic) bond motifs is 2. The third-order valence-electron chi connectivity index (χ3n) is 4.29. The SMILES string of the molecule is Cc1ccc2c(c1)C(O)(c1c(O)c3ccccc3oc1=O)C(=O)N2. The fraction of sp³-hybridized carbons (Fsp3) is 0.111. The molecular weight excluding hydrogens is 310 g/mol. The highest BCUT2D eigenvalue weighted by Crippen LogP contribution is 2.44. The van der Waals surface area contributed by atoms with Gasteiger partial charge in [-0.3, -0.25) is 4.79 Å². The Morgan fingerprint density at radius 3 is 2.67 bits per heavy atom. The van der Waals surface area contributed by atoms with Crippen LogP contribution in [-0.2, 0) is 10.4 Å². The highest BCUT2D eigenvalue weighted by molar-refractivity contribution is 6.08. The molecule has 120 valence electrons. The molecule has 2 heterocycles. The molecule has 4 rings (SSSR count). The fourth-order valence-electron chi connectivity index (χ4n) is 3.10. The van der Waals surface area contributed by atoms with Crippen LogP contribution in [0.2, 0.25) is 0 Å². The summed E-state index contributed by atoms with van der Waals surface area (Å²) in [5.74, 6) is -1.27. The predicted molar refractivity (Wildman–Crippen MR) is 87.0 cm³/mol. The number of amides is 1. The topological polar surface area (TPSA) is 99.8 Å². The summed E-state index contributed by atoms with van der Waals surface area (Å²) in [7, 11) is 0. The Morgan fingerprint density at radius 2 is 1.88 bits per heavy atom. The van der Waals surface area contributed by atoms with Crippen molar-refractivity contribution in [3.63, 3.8) is 0 Å². The van der Waals surface area contributed by atoms with E-state index in [1.807, 2.05) is 0 Å². The minimum Gasteiger partial charge on any atom is -0.506 e. The van der Waals surface area contributed by atoms with Crippen molar-refractivity contribution in [2.75, 3.05) is 5.32 Å². The zero-order valence-electron chi connectivity index (χ0n) is 12.7. The number of hydrogen-bond donors (Lipinski definition) is 3. The van der Waals surface area contributed by atoms with Crippen LogP contribution in [0.1, 0.15) is 16.7 Å². The lowest BCUT2D eigenvalue weighted by molar-refractivity contribution is -0.130. The van der Waals surface area contributed by atoms with Gasteiger partial charge in [0.25, 0.3) is 5.91 Å². The van der Waals surface area contributed by atoms with E-state index in [9.17, 15) is 19.8 Å². The van der Waals surface area contributed by atoms with Gasteiger partial charge in [0, 0.05) is 11.3 Å². The number of carbonyl (C=O) groups excluding carboxylic acids is 1. The highest BCUT2D eigenvalue weighted by atomic mass is 16.4. The Kier molecular flexibility index (Phi) is 2.83. The first-order chi connectivity index (χ1) is 11.4. The molecule has 0 saturated carbocycles. The molecule has 6 heteroatoms. The second kappa shape index (κ2) is 4.69. The van der Waals surface area contributed by atoms with E-state index >= 15 is 0 Å². The Hall–Kier alpha value is -3.12. The van der Waals surface area contributed by atoms with Crippen LogP contribution in [0.25, 0.3) is 11.0 Å². The van der Waals surface area contributed by atoms with E-state index < -0.39 is 28.4 Å². The average Bonchev–Trinajstić information content (AvgIpc) is 2.79. The zero-order chi connectivity index (χ0) is 17.1. The first-order valence-electron chi connectivity index (χ1n) is 7.33. The van der Waals surface area contributed by atoms with Gasteiger partial charge in [-0.25, -0.2) is 4.79 Å². The molecule has 0 fully saturated rings. The third-order valence-corrected chi connectivity index (χ3v) is 4.29. The van der Waals surface area contributed by atoms with Gasteiger partial charge in [0.15, 0.2) is 0 Å². The molecule has 3 aromatic rings.